The Morgan fingerprint density at radius 1 is 1.26 bits per heavy atom. The highest BCUT2D eigenvalue weighted by atomic mass is 79.9. The van der Waals surface area contributed by atoms with Crippen LogP contribution in [0.25, 0.3) is 0 Å². The normalized spacial score (nSPS) is 18.1. The predicted octanol–water partition coefficient (Wildman–Crippen LogP) is 3.24. The van der Waals surface area contributed by atoms with Gasteiger partial charge in [-0.2, -0.15) is 0 Å². The molecule has 1 aliphatic carbocycles. The molecule has 1 aromatic carbocycles. The zero-order valence-corrected chi connectivity index (χ0v) is 15.9. The van der Waals surface area contributed by atoms with Crippen LogP contribution in [0.3, 0.4) is 0 Å². The molecule has 27 heavy (non-hydrogen) atoms. The number of furan rings is 1. The molecule has 1 N–H and O–H groups in total. The van der Waals surface area contributed by atoms with Crippen molar-refractivity contribution in [2.45, 2.75) is 18.3 Å². The molecular weight excluding hydrogens is 422 g/mol. The van der Waals surface area contributed by atoms with Crippen LogP contribution in [0.15, 0.2) is 39.4 Å². The number of halogens is 3. The van der Waals surface area contributed by atoms with E-state index in [0.717, 1.165) is 18.2 Å². The van der Waals surface area contributed by atoms with Crippen LogP contribution in [0.5, 0.6) is 0 Å². The Morgan fingerprint density at radius 3 is 2.63 bits per heavy atom. The molecule has 2 aromatic rings. The SMILES string of the molecule is O=C(c1cc(Br)co1)N1CC(CNC(=O)C2(c3cc(F)ccc3F)CC2)C1. The number of likely N-dealkylation sites (tertiary alicyclic amines) is 1. The first-order valence-electron chi connectivity index (χ1n) is 8.66. The summed E-state index contributed by atoms with van der Waals surface area (Å²) in [5.74, 6) is -1.19. The number of hydrogen-bond acceptors (Lipinski definition) is 3. The number of nitrogens with one attached hydrogen (secondary N) is 1. The van der Waals surface area contributed by atoms with Crippen molar-refractivity contribution in [1.82, 2.24) is 10.2 Å². The van der Waals surface area contributed by atoms with Gasteiger partial charge in [-0.15, -0.1) is 0 Å². The third-order valence-electron chi connectivity index (χ3n) is 5.20. The van der Waals surface area contributed by atoms with E-state index in [1.54, 1.807) is 11.0 Å². The molecule has 1 saturated carbocycles. The van der Waals surface area contributed by atoms with Gasteiger partial charge in [0.25, 0.3) is 5.91 Å². The first-order chi connectivity index (χ1) is 12.9. The summed E-state index contributed by atoms with van der Waals surface area (Å²) in [6, 6.07) is 4.82. The van der Waals surface area contributed by atoms with Gasteiger partial charge in [0.05, 0.1) is 9.89 Å². The van der Waals surface area contributed by atoms with Crippen LogP contribution in [0.1, 0.15) is 29.0 Å². The number of hydrogen-bond donors (Lipinski definition) is 1. The van der Waals surface area contributed by atoms with E-state index in [0.29, 0.717) is 36.9 Å². The smallest absolute Gasteiger partial charge is 0.289 e. The molecule has 1 aromatic heterocycles. The van der Waals surface area contributed by atoms with Crippen molar-refractivity contribution in [2.24, 2.45) is 5.92 Å². The molecule has 2 amide bonds. The number of benzene rings is 1. The standard InChI is InChI=1S/C19H17BrF2N2O3/c20-12-5-16(27-10-12)17(25)24-8-11(9-24)7-23-18(26)19(3-4-19)14-6-13(21)1-2-15(14)22/h1-2,5-6,10-11H,3-4,7-9H2,(H,23,26). The van der Waals surface area contributed by atoms with E-state index in [9.17, 15) is 18.4 Å². The summed E-state index contributed by atoms with van der Waals surface area (Å²) in [5.41, 5.74) is -0.847. The lowest BCUT2D eigenvalue weighted by molar-refractivity contribution is -0.124. The summed E-state index contributed by atoms with van der Waals surface area (Å²) in [4.78, 5) is 26.4. The Labute approximate surface area is 162 Å². The number of carbonyl (C=O) groups is 2. The molecule has 2 aliphatic rings. The highest BCUT2D eigenvalue weighted by Crippen LogP contribution is 2.49. The number of nitrogens with zero attached hydrogens (tertiary/aromatic N) is 1. The van der Waals surface area contributed by atoms with Crippen LogP contribution >= 0.6 is 15.9 Å². The van der Waals surface area contributed by atoms with Gasteiger partial charge in [-0.25, -0.2) is 8.78 Å². The van der Waals surface area contributed by atoms with Gasteiger partial charge in [0, 0.05) is 37.2 Å². The van der Waals surface area contributed by atoms with Gasteiger partial charge in [0.15, 0.2) is 5.76 Å². The van der Waals surface area contributed by atoms with Crippen molar-refractivity contribution in [3.8, 4) is 0 Å². The van der Waals surface area contributed by atoms with Crippen LogP contribution in [0, 0.1) is 17.6 Å². The van der Waals surface area contributed by atoms with Crippen molar-refractivity contribution in [1.29, 1.82) is 0 Å². The molecule has 1 aliphatic heterocycles. The largest absolute Gasteiger partial charge is 0.458 e. The van der Waals surface area contributed by atoms with Crippen LogP contribution in [0.2, 0.25) is 0 Å². The average Bonchev–Trinajstić information content (AvgIpc) is 3.30. The Kier molecular flexibility index (Phi) is 4.53. The van der Waals surface area contributed by atoms with E-state index >= 15 is 0 Å². The molecule has 8 heteroatoms. The number of rotatable bonds is 5. The van der Waals surface area contributed by atoms with Crippen LogP contribution < -0.4 is 5.32 Å². The Morgan fingerprint density at radius 2 is 2.00 bits per heavy atom. The van der Waals surface area contributed by atoms with Gasteiger partial charge < -0.3 is 14.6 Å². The first kappa shape index (κ1) is 18.2. The average molecular weight is 439 g/mol. The maximum absolute atomic E-state index is 14.0. The minimum Gasteiger partial charge on any atom is -0.458 e. The predicted molar refractivity (Wildman–Crippen MR) is 96.1 cm³/mol. The highest BCUT2D eigenvalue weighted by Gasteiger charge is 2.53. The third kappa shape index (κ3) is 3.38. The maximum Gasteiger partial charge on any atom is 0.289 e. The van der Waals surface area contributed by atoms with Crippen molar-refractivity contribution in [2.75, 3.05) is 19.6 Å². The van der Waals surface area contributed by atoms with Crippen LogP contribution in [-0.4, -0.2) is 36.3 Å². The van der Waals surface area contributed by atoms with E-state index in [4.69, 9.17) is 4.42 Å². The van der Waals surface area contributed by atoms with E-state index in [-0.39, 0.29) is 29.1 Å². The molecule has 0 radical (unpaired) electrons. The zero-order valence-electron chi connectivity index (χ0n) is 14.3. The summed E-state index contributed by atoms with van der Waals surface area (Å²) in [7, 11) is 0. The molecule has 142 valence electrons. The summed E-state index contributed by atoms with van der Waals surface area (Å²) in [6.45, 7) is 1.42. The zero-order chi connectivity index (χ0) is 19.2. The summed E-state index contributed by atoms with van der Waals surface area (Å²) < 4.78 is 33.4. The molecule has 5 nitrogen and oxygen atoms in total. The van der Waals surface area contributed by atoms with Gasteiger partial charge in [-0.05, 0) is 47.0 Å². The number of amides is 2. The monoisotopic (exact) mass is 438 g/mol. The van der Waals surface area contributed by atoms with Crippen molar-refractivity contribution in [3.05, 3.63) is 58.0 Å². The highest BCUT2D eigenvalue weighted by molar-refractivity contribution is 9.10. The van der Waals surface area contributed by atoms with Gasteiger partial charge >= 0.3 is 0 Å². The molecule has 0 unspecified atom stereocenters. The lowest BCUT2D eigenvalue weighted by atomic mass is 9.93. The molecule has 0 bridgehead atoms. The van der Waals surface area contributed by atoms with E-state index < -0.39 is 17.0 Å². The van der Waals surface area contributed by atoms with E-state index in [1.807, 2.05) is 0 Å². The second kappa shape index (κ2) is 6.74. The molecule has 0 spiro atoms. The quantitative estimate of drug-likeness (QED) is 0.779. The summed E-state index contributed by atoms with van der Waals surface area (Å²) >= 11 is 3.23. The minimum atomic E-state index is -0.966. The van der Waals surface area contributed by atoms with Gasteiger partial charge in [0.2, 0.25) is 5.91 Å². The topological polar surface area (TPSA) is 62.6 Å². The molecule has 2 heterocycles. The van der Waals surface area contributed by atoms with Gasteiger partial charge in [-0.1, -0.05) is 0 Å². The fourth-order valence-corrected chi connectivity index (χ4v) is 3.76. The Balaban J connectivity index is 1.31. The Hall–Kier alpha value is -2.22. The van der Waals surface area contributed by atoms with Crippen LogP contribution in [-0.2, 0) is 10.2 Å². The summed E-state index contributed by atoms with van der Waals surface area (Å²) in [5, 5.41) is 2.84. The van der Waals surface area contributed by atoms with Crippen molar-refractivity contribution >= 4 is 27.7 Å². The molecule has 2 fully saturated rings. The second-order valence-corrected chi connectivity index (χ2v) is 8.04. The molecule has 4 rings (SSSR count). The van der Waals surface area contributed by atoms with Crippen molar-refractivity contribution < 1.29 is 22.8 Å². The molecule has 1 saturated heterocycles. The molecular formula is C19H17BrF2N2O3. The lowest BCUT2D eigenvalue weighted by Crippen LogP contribution is -2.54. The van der Waals surface area contributed by atoms with E-state index in [2.05, 4.69) is 21.2 Å². The fraction of sp³-hybridized carbons (Fsp3) is 0.368. The van der Waals surface area contributed by atoms with Crippen molar-refractivity contribution in [3.63, 3.8) is 0 Å². The first-order valence-corrected chi connectivity index (χ1v) is 9.45. The molecule has 0 atom stereocenters. The lowest BCUT2D eigenvalue weighted by Gasteiger charge is -2.39. The number of carbonyl (C=O) groups excluding carboxylic acids is 2. The Bertz CT molecular complexity index is 904. The van der Waals surface area contributed by atoms with Gasteiger partial charge in [-0.3, -0.25) is 9.59 Å². The van der Waals surface area contributed by atoms with Crippen LogP contribution in [0.4, 0.5) is 8.78 Å². The minimum absolute atomic E-state index is 0.119. The maximum atomic E-state index is 14.0. The van der Waals surface area contributed by atoms with E-state index in [1.165, 1.54) is 6.26 Å². The third-order valence-corrected chi connectivity index (χ3v) is 5.62. The summed E-state index contributed by atoms with van der Waals surface area (Å²) in [6.07, 6.45) is 2.45. The van der Waals surface area contributed by atoms with Gasteiger partial charge in [0.1, 0.15) is 17.9 Å². The second-order valence-electron chi connectivity index (χ2n) is 7.12. The fourth-order valence-electron chi connectivity index (χ4n) is 3.46.